The van der Waals surface area contributed by atoms with E-state index in [-0.39, 0.29) is 5.65 Å². The zero-order chi connectivity index (χ0) is 10.3. The van der Waals surface area contributed by atoms with E-state index >= 15 is 0 Å². The maximum Gasteiger partial charge on any atom is 0.419 e. The molecule has 0 radical (unpaired) electrons. The lowest BCUT2D eigenvalue weighted by atomic mass is 10.3. The van der Waals surface area contributed by atoms with Crippen molar-refractivity contribution in [2.24, 2.45) is 0 Å². The summed E-state index contributed by atoms with van der Waals surface area (Å²) >= 11 is 5.34. The molecule has 2 rings (SSSR count). The highest BCUT2D eigenvalue weighted by molar-refractivity contribution is 6.30. The third-order valence-corrected chi connectivity index (χ3v) is 1.83. The zero-order valence-electron chi connectivity index (χ0n) is 6.46. The van der Waals surface area contributed by atoms with Gasteiger partial charge in [0.15, 0.2) is 10.8 Å². The molecular weight excluding hydrogens is 221 g/mol. The summed E-state index contributed by atoms with van der Waals surface area (Å²) in [5.74, 6) is 0. The third-order valence-electron chi connectivity index (χ3n) is 1.55. The quantitative estimate of drug-likeness (QED) is 0.683. The smallest absolute Gasteiger partial charge is 0.199 e. The molecule has 4 nitrogen and oxygen atoms in total. The van der Waals surface area contributed by atoms with Crippen LogP contribution in [0, 0.1) is 0 Å². The molecular formula is C6H2ClF3N4. The number of rotatable bonds is 0. The van der Waals surface area contributed by atoms with Crippen molar-refractivity contribution in [3.05, 3.63) is 23.1 Å². The van der Waals surface area contributed by atoms with E-state index in [2.05, 4.69) is 15.3 Å². The molecule has 8 heteroatoms. The molecule has 0 aliphatic carbocycles. The Hall–Kier alpha value is -1.37. The average molecular weight is 223 g/mol. The topological polar surface area (TPSA) is 43.1 Å². The molecule has 0 spiro atoms. The van der Waals surface area contributed by atoms with Gasteiger partial charge in [0.25, 0.3) is 0 Å². The highest BCUT2D eigenvalue weighted by atomic mass is 35.5. The lowest BCUT2D eigenvalue weighted by Gasteiger charge is -2.07. The lowest BCUT2D eigenvalue weighted by Crippen LogP contribution is -2.08. The van der Waals surface area contributed by atoms with Crippen LogP contribution in [0.2, 0.25) is 5.15 Å². The summed E-state index contributed by atoms with van der Waals surface area (Å²) in [6.45, 7) is 0. The second-order valence-electron chi connectivity index (χ2n) is 2.48. The monoisotopic (exact) mass is 222 g/mol. The maximum absolute atomic E-state index is 12.3. The third kappa shape index (κ3) is 1.39. The van der Waals surface area contributed by atoms with Crippen LogP contribution >= 0.6 is 11.6 Å². The van der Waals surface area contributed by atoms with Gasteiger partial charge in [-0.25, -0.2) is 0 Å². The summed E-state index contributed by atoms with van der Waals surface area (Å²) in [6.07, 6.45) is -3.36. The maximum atomic E-state index is 12.3. The van der Waals surface area contributed by atoms with Crippen LogP contribution < -0.4 is 0 Å². The average Bonchev–Trinajstić information content (AvgIpc) is 2.47. The highest BCUT2D eigenvalue weighted by Gasteiger charge is 2.34. The van der Waals surface area contributed by atoms with E-state index in [1.165, 1.54) is 6.33 Å². The standard InChI is InChI=1S/C6H2ClF3N4/c7-5-3(6(8,9)10)1-4-12-11-2-14(4)13-5/h1-2H. The van der Waals surface area contributed by atoms with Gasteiger partial charge in [0.05, 0.1) is 5.56 Å². The fourth-order valence-corrected chi connectivity index (χ4v) is 1.19. The molecule has 2 aromatic rings. The van der Waals surface area contributed by atoms with Gasteiger partial charge < -0.3 is 0 Å². The number of hydrogen-bond donors (Lipinski definition) is 0. The van der Waals surface area contributed by atoms with E-state index in [0.29, 0.717) is 0 Å². The molecule has 0 aromatic carbocycles. The summed E-state index contributed by atoms with van der Waals surface area (Å²) in [7, 11) is 0. The number of nitrogens with zero attached hydrogens (tertiary/aromatic N) is 4. The first kappa shape index (κ1) is 9.20. The minimum Gasteiger partial charge on any atom is -0.199 e. The van der Waals surface area contributed by atoms with Crippen molar-refractivity contribution < 1.29 is 13.2 Å². The van der Waals surface area contributed by atoms with E-state index < -0.39 is 16.9 Å². The van der Waals surface area contributed by atoms with Gasteiger partial charge in [0.1, 0.15) is 6.33 Å². The zero-order valence-corrected chi connectivity index (χ0v) is 7.21. The Kier molecular flexibility index (Phi) is 1.84. The van der Waals surface area contributed by atoms with Crippen molar-refractivity contribution in [2.75, 3.05) is 0 Å². The van der Waals surface area contributed by atoms with Crippen molar-refractivity contribution >= 4 is 17.2 Å². The number of alkyl halides is 3. The predicted molar refractivity (Wildman–Crippen MR) is 40.8 cm³/mol. The fraction of sp³-hybridized carbons (Fsp3) is 0.167. The molecule has 0 N–H and O–H groups in total. The summed E-state index contributed by atoms with van der Waals surface area (Å²) in [4.78, 5) is 0. The lowest BCUT2D eigenvalue weighted by molar-refractivity contribution is -0.137. The van der Waals surface area contributed by atoms with Crippen LogP contribution in [0.3, 0.4) is 0 Å². The van der Waals surface area contributed by atoms with E-state index in [1.54, 1.807) is 0 Å². The SMILES string of the molecule is FC(F)(F)c1cc2nncn2nc1Cl. The summed E-state index contributed by atoms with van der Waals surface area (Å²) in [5.41, 5.74) is -1.01. The van der Waals surface area contributed by atoms with Gasteiger partial charge in [-0.3, -0.25) is 0 Å². The Morgan fingerprint density at radius 2 is 2.07 bits per heavy atom. The summed E-state index contributed by atoms with van der Waals surface area (Å²) < 4.78 is 38.0. The molecule has 2 aromatic heterocycles. The van der Waals surface area contributed by atoms with E-state index in [0.717, 1.165) is 10.6 Å². The van der Waals surface area contributed by atoms with Crippen LogP contribution in [0.1, 0.15) is 5.56 Å². The molecule has 0 saturated heterocycles. The first-order valence-electron chi connectivity index (χ1n) is 3.42. The molecule has 0 fully saturated rings. The van der Waals surface area contributed by atoms with Gasteiger partial charge in [-0.15, -0.1) is 10.2 Å². The first-order chi connectivity index (χ1) is 6.48. The number of aromatic nitrogens is 4. The molecule has 14 heavy (non-hydrogen) atoms. The predicted octanol–water partition coefficient (Wildman–Crippen LogP) is 1.80. The molecule has 0 amide bonds. The minimum absolute atomic E-state index is 0.00160. The molecule has 0 aliphatic heterocycles. The van der Waals surface area contributed by atoms with Gasteiger partial charge >= 0.3 is 6.18 Å². The van der Waals surface area contributed by atoms with Crippen LogP contribution in [0.5, 0.6) is 0 Å². The van der Waals surface area contributed by atoms with Crippen LogP contribution in [-0.4, -0.2) is 19.8 Å². The highest BCUT2D eigenvalue weighted by Crippen LogP contribution is 2.33. The van der Waals surface area contributed by atoms with Gasteiger partial charge in [0.2, 0.25) is 0 Å². The van der Waals surface area contributed by atoms with Gasteiger partial charge in [-0.2, -0.15) is 22.8 Å². The van der Waals surface area contributed by atoms with E-state index in [9.17, 15) is 13.2 Å². The van der Waals surface area contributed by atoms with Crippen molar-refractivity contribution in [3.8, 4) is 0 Å². The number of hydrogen-bond acceptors (Lipinski definition) is 3. The Balaban J connectivity index is 2.71. The Bertz CT molecular complexity index is 477. The van der Waals surface area contributed by atoms with Gasteiger partial charge in [-0.05, 0) is 0 Å². The molecule has 0 aliphatic rings. The van der Waals surface area contributed by atoms with Crippen molar-refractivity contribution in [1.82, 2.24) is 19.8 Å². The Labute approximate surface area is 80.3 Å². The molecule has 74 valence electrons. The molecule has 0 atom stereocenters. The molecule has 2 heterocycles. The second kappa shape index (κ2) is 2.81. The normalized spacial score (nSPS) is 12.3. The number of halogens is 4. The summed E-state index contributed by atoms with van der Waals surface area (Å²) in [5, 5.41) is 9.63. The van der Waals surface area contributed by atoms with Crippen LogP contribution in [0.25, 0.3) is 5.65 Å². The summed E-state index contributed by atoms with van der Waals surface area (Å²) in [6, 6.07) is 0.794. The Morgan fingerprint density at radius 1 is 1.36 bits per heavy atom. The van der Waals surface area contributed by atoms with Gasteiger partial charge in [-0.1, -0.05) is 11.6 Å². The van der Waals surface area contributed by atoms with Crippen LogP contribution in [-0.2, 0) is 6.18 Å². The first-order valence-corrected chi connectivity index (χ1v) is 3.80. The van der Waals surface area contributed by atoms with E-state index in [1.807, 2.05) is 0 Å². The molecule has 0 bridgehead atoms. The molecule has 0 unspecified atom stereocenters. The minimum atomic E-state index is -4.53. The van der Waals surface area contributed by atoms with Crippen LogP contribution in [0.15, 0.2) is 12.4 Å². The largest absolute Gasteiger partial charge is 0.419 e. The van der Waals surface area contributed by atoms with E-state index in [4.69, 9.17) is 11.6 Å². The number of fused-ring (bicyclic) bond motifs is 1. The second-order valence-corrected chi connectivity index (χ2v) is 2.84. The van der Waals surface area contributed by atoms with Crippen molar-refractivity contribution in [2.45, 2.75) is 6.18 Å². The Morgan fingerprint density at radius 3 is 2.71 bits per heavy atom. The molecule has 0 saturated carbocycles. The fourth-order valence-electron chi connectivity index (χ4n) is 0.947. The van der Waals surface area contributed by atoms with Crippen molar-refractivity contribution in [1.29, 1.82) is 0 Å². The van der Waals surface area contributed by atoms with Gasteiger partial charge in [0, 0.05) is 6.07 Å². The van der Waals surface area contributed by atoms with Crippen molar-refractivity contribution in [3.63, 3.8) is 0 Å². The van der Waals surface area contributed by atoms with Crippen LogP contribution in [0.4, 0.5) is 13.2 Å².